The number of carbonyl (C=O) groups excluding carboxylic acids is 1. The second kappa shape index (κ2) is 8.08. The molecule has 0 aliphatic carbocycles. The van der Waals surface area contributed by atoms with Gasteiger partial charge in [0.15, 0.2) is 5.69 Å². The van der Waals surface area contributed by atoms with Gasteiger partial charge in [-0.25, -0.2) is 0 Å². The molecule has 6 heteroatoms. The van der Waals surface area contributed by atoms with Gasteiger partial charge in [0.2, 0.25) is 0 Å². The van der Waals surface area contributed by atoms with Gasteiger partial charge >= 0.3 is 0 Å². The van der Waals surface area contributed by atoms with E-state index < -0.39 is 0 Å². The number of benzene rings is 3. The molecule has 0 radical (unpaired) electrons. The molecule has 2 heterocycles. The first-order chi connectivity index (χ1) is 14.8. The van der Waals surface area contributed by atoms with E-state index in [9.17, 15) is 4.79 Å². The van der Waals surface area contributed by atoms with Crippen LogP contribution in [0.4, 0.5) is 0 Å². The van der Waals surface area contributed by atoms with Crippen LogP contribution in [-0.4, -0.2) is 56.9 Å². The number of carbonyl (C=O) groups is 1. The van der Waals surface area contributed by atoms with Crippen LogP contribution >= 0.6 is 0 Å². The normalized spacial score (nSPS) is 14.9. The third kappa shape index (κ3) is 3.69. The summed E-state index contributed by atoms with van der Waals surface area (Å²) in [6.07, 6.45) is 1.55. The first kappa shape index (κ1) is 18.5. The molecule has 5 rings (SSSR count). The molecule has 1 aromatic heterocycles. The number of rotatable bonds is 4. The number of hydrogen-bond acceptors (Lipinski definition) is 4. The summed E-state index contributed by atoms with van der Waals surface area (Å²) < 4.78 is 0. The second-order valence-electron chi connectivity index (χ2n) is 7.56. The van der Waals surface area contributed by atoms with E-state index in [0.29, 0.717) is 18.8 Å². The van der Waals surface area contributed by atoms with E-state index in [4.69, 9.17) is 0 Å². The van der Waals surface area contributed by atoms with Gasteiger partial charge in [-0.2, -0.15) is 9.90 Å². The Balaban J connectivity index is 1.23. The van der Waals surface area contributed by atoms with Crippen LogP contribution in [0.5, 0.6) is 0 Å². The number of fused-ring (bicyclic) bond motifs is 1. The van der Waals surface area contributed by atoms with Gasteiger partial charge in [0.25, 0.3) is 5.91 Å². The van der Waals surface area contributed by atoms with Crippen LogP contribution in [0, 0.1) is 0 Å². The van der Waals surface area contributed by atoms with Crippen LogP contribution in [0.2, 0.25) is 0 Å². The lowest BCUT2D eigenvalue weighted by Crippen LogP contribution is -2.48. The molecule has 1 aliphatic heterocycles. The van der Waals surface area contributed by atoms with Crippen LogP contribution in [0.3, 0.4) is 0 Å². The predicted molar refractivity (Wildman–Crippen MR) is 116 cm³/mol. The van der Waals surface area contributed by atoms with Crippen LogP contribution in [0.1, 0.15) is 16.1 Å². The van der Waals surface area contributed by atoms with Gasteiger partial charge in [0.1, 0.15) is 0 Å². The Morgan fingerprint density at radius 3 is 2.40 bits per heavy atom. The molecule has 1 aliphatic rings. The van der Waals surface area contributed by atoms with Crippen molar-refractivity contribution in [3.8, 4) is 5.69 Å². The van der Waals surface area contributed by atoms with E-state index in [1.807, 2.05) is 35.2 Å². The summed E-state index contributed by atoms with van der Waals surface area (Å²) in [4.78, 5) is 18.7. The van der Waals surface area contributed by atoms with E-state index in [1.54, 1.807) is 6.20 Å². The van der Waals surface area contributed by atoms with Crippen molar-refractivity contribution in [1.29, 1.82) is 0 Å². The number of nitrogens with zero attached hydrogens (tertiary/aromatic N) is 5. The van der Waals surface area contributed by atoms with Crippen LogP contribution in [0.25, 0.3) is 16.5 Å². The third-order valence-electron chi connectivity index (χ3n) is 5.63. The maximum Gasteiger partial charge on any atom is 0.276 e. The Kier molecular flexibility index (Phi) is 4.99. The van der Waals surface area contributed by atoms with Crippen molar-refractivity contribution in [2.75, 3.05) is 26.2 Å². The number of amides is 1. The number of para-hydroxylation sites is 1. The summed E-state index contributed by atoms with van der Waals surface area (Å²) in [5.74, 6) is -0.0537. The van der Waals surface area contributed by atoms with Crippen molar-refractivity contribution in [3.63, 3.8) is 0 Å². The van der Waals surface area contributed by atoms with E-state index in [0.717, 1.165) is 25.3 Å². The molecule has 0 spiro atoms. The van der Waals surface area contributed by atoms with Gasteiger partial charge in [-0.05, 0) is 28.5 Å². The summed E-state index contributed by atoms with van der Waals surface area (Å²) >= 11 is 0. The SMILES string of the molecule is O=C(c1cnn(-c2ccccc2)n1)N1CCN(Cc2cccc3ccccc23)CC1. The van der Waals surface area contributed by atoms with Gasteiger partial charge in [0, 0.05) is 32.7 Å². The lowest BCUT2D eigenvalue weighted by atomic mass is 10.0. The van der Waals surface area contributed by atoms with Gasteiger partial charge < -0.3 is 4.90 Å². The Morgan fingerprint density at radius 1 is 0.833 bits per heavy atom. The fraction of sp³-hybridized carbons (Fsp3) is 0.208. The quantitative estimate of drug-likeness (QED) is 0.530. The molecule has 6 nitrogen and oxygen atoms in total. The van der Waals surface area contributed by atoms with Gasteiger partial charge in [-0.3, -0.25) is 9.69 Å². The number of piperazine rings is 1. The Bertz CT molecular complexity index is 1160. The van der Waals surface area contributed by atoms with Crippen molar-refractivity contribution in [2.24, 2.45) is 0 Å². The molecular weight excluding hydrogens is 374 g/mol. The molecule has 0 bridgehead atoms. The average molecular weight is 397 g/mol. The molecule has 3 aromatic carbocycles. The minimum atomic E-state index is -0.0537. The maximum absolute atomic E-state index is 12.9. The van der Waals surface area contributed by atoms with Crippen molar-refractivity contribution in [3.05, 3.63) is 90.3 Å². The van der Waals surface area contributed by atoms with E-state index in [1.165, 1.54) is 21.1 Å². The Labute approximate surface area is 175 Å². The molecule has 1 amide bonds. The fourth-order valence-corrected chi connectivity index (χ4v) is 3.99. The summed E-state index contributed by atoms with van der Waals surface area (Å²) in [6, 6.07) is 24.6. The van der Waals surface area contributed by atoms with E-state index in [-0.39, 0.29) is 5.91 Å². The summed E-state index contributed by atoms with van der Waals surface area (Å²) in [5, 5.41) is 11.2. The minimum Gasteiger partial charge on any atom is -0.335 e. The Hall–Kier alpha value is -3.51. The molecule has 30 heavy (non-hydrogen) atoms. The average Bonchev–Trinajstić information content (AvgIpc) is 3.30. The number of aromatic nitrogens is 3. The van der Waals surface area contributed by atoms with Crippen molar-refractivity contribution < 1.29 is 4.79 Å². The van der Waals surface area contributed by atoms with Gasteiger partial charge in [-0.15, -0.1) is 5.10 Å². The van der Waals surface area contributed by atoms with Crippen LogP contribution < -0.4 is 0 Å². The lowest BCUT2D eigenvalue weighted by Gasteiger charge is -2.34. The zero-order valence-electron chi connectivity index (χ0n) is 16.7. The fourth-order valence-electron chi connectivity index (χ4n) is 3.99. The highest BCUT2D eigenvalue weighted by atomic mass is 16.2. The second-order valence-corrected chi connectivity index (χ2v) is 7.56. The molecule has 150 valence electrons. The topological polar surface area (TPSA) is 54.3 Å². The largest absolute Gasteiger partial charge is 0.335 e. The van der Waals surface area contributed by atoms with Crippen LogP contribution in [0.15, 0.2) is 79.0 Å². The monoisotopic (exact) mass is 397 g/mol. The highest BCUT2D eigenvalue weighted by Gasteiger charge is 2.24. The molecular formula is C24H23N5O. The van der Waals surface area contributed by atoms with Gasteiger partial charge in [-0.1, -0.05) is 60.7 Å². The van der Waals surface area contributed by atoms with E-state index in [2.05, 4.69) is 57.6 Å². The molecule has 0 atom stereocenters. The third-order valence-corrected chi connectivity index (χ3v) is 5.63. The Morgan fingerprint density at radius 2 is 1.57 bits per heavy atom. The van der Waals surface area contributed by atoms with Crippen LogP contribution in [-0.2, 0) is 6.54 Å². The predicted octanol–water partition coefficient (Wildman–Crippen LogP) is 3.38. The smallest absolute Gasteiger partial charge is 0.276 e. The number of hydrogen-bond donors (Lipinski definition) is 0. The molecule has 1 fully saturated rings. The zero-order valence-corrected chi connectivity index (χ0v) is 16.7. The minimum absolute atomic E-state index is 0.0537. The molecule has 0 saturated carbocycles. The summed E-state index contributed by atoms with van der Waals surface area (Å²) in [5.41, 5.74) is 2.57. The summed E-state index contributed by atoms with van der Waals surface area (Å²) in [7, 11) is 0. The first-order valence-electron chi connectivity index (χ1n) is 10.2. The van der Waals surface area contributed by atoms with Crippen molar-refractivity contribution in [2.45, 2.75) is 6.54 Å². The highest BCUT2D eigenvalue weighted by molar-refractivity contribution is 5.92. The van der Waals surface area contributed by atoms with Crippen molar-refractivity contribution in [1.82, 2.24) is 24.8 Å². The lowest BCUT2D eigenvalue weighted by molar-refractivity contribution is 0.0622. The van der Waals surface area contributed by atoms with Crippen molar-refractivity contribution >= 4 is 16.7 Å². The zero-order chi connectivity index (χ0) is 20.3. The molecule has 4 aromatic rings. The molecule has 0 unspecified atom stereocenters. The molecule has 1 saturated heterocycles. The standard InChI is InChI=1S/C24H23N5O/c30-24(23-17-25-29(26-23)21-10-2-1-3-11-21)28-15-13-27(14-16-28)18-20-9-6-8-19-7-4-5-12-22(19)20/h1-12,17H,13-16,18H2. The van der Waals surface area contributed by atoms with E-state index >= 15 is 0 Å². The first-order valence-corrected chi connectivity index (χ1v) is 10.2. The molecule has 0 N–H and O–H groups in total. The summed E-state index contributed by atoms with van der Waals surface area (Å²) in [6.45, 7) is 3.99. The highest BCUT2D eigenvalue weighted by Crippen LogP contribution is 2.20. The maximum atomic E-state index is 12.9. The van der Waals surface area contributed by atoms with Gasteiger partial charge in [0.05, 0.1) is 11.9 Å².